The van der Waals surface area contributed by atoms with Crippen LogP contribution >= 0.6 is 15.6 Å². The van der Waals surface area contributed by atoms with Crippen LogP contribution in [0.3, 0.4) is 0 Å². The highest BCUT2D eigenvalue weighted by molar-refractivity contribution is 7.61. The maximum Gasteiger partial charge on any atom is 0.481 e. The van der Waals surface area contributed by atoms with Gasteiger partial charge in [0.1, 0.15) is 48.5 Å². The number of hydrogen-bond donors (Lipinski definition) is 8. The molecule has 21 nitrogen and oxygen atoms in total. The van der Waals surface area contributed by atoms with Crippen molar-refractivity contribution in [2.45, 2.75) is 90.7 Å². The van der Waals surface area contributed by atoms with Crippen LogP contribution in [0.5, 0.6) is 0 Å². The molecule has 23 heteroatoms. The zero-order valence-electron chi connectivity index (χ0n) is 29.1. The van der Waals surface area contributed by atoms with Crippen LogP contribution in [0.1, 0.15) is 47.8 Å². The van der Waals surface area contributed by atoms with E-state index in [4.69, 9.17) is 15.2 Å². The van der Waals surface area contributed by atoms with E-state index >= 15 is 0 Å². The summed E-state index contributed by atoms with van der Waals surface area (Å²) in [5.74, 6) is 0.0575. The molecule has 2 fully saturated rings. The molecule has 50 heavy (non-hydrogen) atoms. The number of anilines is 1. The number of nitrogen functional groups attached to an aromatic ring is 1. The summed E-state index contributed by atoms with van der Waals surface area (Å²) in [6.45, 7) is 18.5. The number of nitrogens with zero attached hydrogens (tertiary/aromatic N) is 6. The van der Waals surface area contributed by atoms with E-state index < -0.39 is 78.0 Å². The van der Waals surface area contributed by atoms with E-state index in [0.717, 1.165) is 6.33 Å². The second-order valence-electron chi connectivity index (χ2n) is 11.0. The van der Waals surface area contributed by atoms with Gasteiger partial charge in [-0.3, -0.25) is 13.6 Å². The molecule has 0 saturated carbocycles. The number of rotatable bonds is 15. The summed E-state index contributed by atoms with van der Waals surface area (Å²) in [5, 5.41) is 49.0. The molecule has 0 spiro atoms. The number of phosphoric acid groups is 2. The molecule has 0 amide bonds. The third-order valence-electron chi connectivity index (χ3n) is 8.03. The van der Waals surface area contributed by atoms with Gasteiger partial charge in [0.15, 0.2) is 24.0 Å². The summed E-state index contributed by atoms with van der Waals surface area (Å²) in [7, 11) is -10.6. The van der Waals surface area contributed by atoms with Gasteiger partial charge in [-0.05, 0) is 39.3 Å². The van der Waals surface area contributed by atoms with Gasteiger partial charge in [0.2, 0.25) is 0 Å². The van der Waals surface area contributed by atoms with E-state index in [1.54, 1.807) is 0 Å². The lowest BCUT2D eigenvalue weighted by atomic mass is 10.1. The van der Waals surface area contributed by atoms with Crippen molar-refractivity contribution in [1.82, 2.24) is 29.3 Å². The Morgan fingerprint density at radius 3 is 1.62 bits per heavy atom. The Balaban J connectivity index is 0.000000521. The first-order valence-electron chi connectivity index (χ1n) is 16.2. The van der Waals surface area contributed by atoms with E-state index in [0.29, 0.717) is 0 Å². The van der Waals surface area contributed by atoms with Crippen LogP contribution in [0.15, 0.2) is 12.7 Å². The van der Waals surface area contributed by atoms with Crippen molar-refractivity contribution in [2.24, 2.45) is 0 Å². The Morgan fingerprint density at radius 2 is 1.20 bits per heavy atom. The van der Waals surface area contributed by atoms with Crippen molar-refractivity contribution >= 4 is 32.6 Å². The summed E-state index contributed by atoms with van der Waals surface area (Å²) in [5.41, 5.74) is 6.09. The van der Waals surface area contributed by atoms with E-state index in [1.807, 2.05) is 0 Å². The summed E-state index contributed by atoms with van der Waals surface area (Å²) in [6.07, 6.45) is -10.1. The molecule has 2 unspecified atom stereocenters. The number of nitrogens with two attached hydrogens (primary N) is 1. The summed E-state index contributed by atoms with van der Waals surface area (Å²) >= 11 is 0. The molecule has 9 N–H and O–H groups in total. The molecule has 2 aliphatic heterocycles. The average molecular weight is 762 g/mol. The fourth-order valence-corrected chi connectivity index (χ4v) is 6.96. The first-order chi connectivity index (χ1) is 23.5. The van der Waals surface area contributed by atoms with Gasteiger partial charge in [-0.25, -0.2) is 24.1 Å². The van der Waals surface area contributed by atoms with E-state index in [9.17, 15) is 44.4 Å². The fraction of sp³-hybridized carbons (Fsp3) is 0.815. The molecule has 2 aromatic heterocycles. The highest BCUT2D eigenvalue weighted by Gasteiger charge is 2.47. The van der Waals surface area contributed by atoms with Crippen molar-refractivity contribution in [2.75, 3.05) is 58.2 Å². The van der Waals surface area contributed by atoms with Crippen LogP contribution in [0.4, 0.5) is 5.82 Å². The van der Waals surface area contributed by atoms with Gasteiger partial charge in [-0.1, -0.05) is 41.5 Å². The molecule has 4 heterocycles. The molecule has 10 atom stereocenters. The number of ether oxygens (including phenoxy) is 2. The topological polar surface area (TPSA) is 298 Å². The van der Waals surface area contributed by atoms with Crippen LogP contribution in [0, 0.1) is 0 Å². The Kier molecular flexibility index (Phi) is 18.2. The molecule has 2 saturated heterocycles. The van der Waals surface area contributed by atoms with Crippen molar-refractivity contribution in [3.8, 4) is 0 Å². The van der Waals surface area contributed by atoms with Gasteiger partial charge in [0.05, 0.1) is 19.5 Å². The molecule has 290 valence electrons. The molecule has 2 aromatic rings. The summed E-state index contributed by atoms with van der Waals surface area (Å²) in [6, 6.07) is 0. The van der Waals surface area contributed by atoms with Crippen LogP contribution < -0.4 is 5.73 Å². The lowest BCUT2D eigenvalue weighted by Crippen LogP contribution is -2.34. The van der Waals surface area contributed by atoms with Gasteiger partial charge in [0.25, 0.3) is 0 Å². The maximum atomic E-state index is 12.2. The Morgan fingerprint density at radius 1 is 0.740 bits per heavy atom. The zero-order chi connectivity index (χ0) is 37.8. The standard InChI is InChI=1S/C15H23N5O14P2.2C6H15N/c16-12-7-13(18-3-17-12)20(4-19-7)14-10(23)8(21)5(32-14)1-30-35(26,27)34-36(28,29)31-2-6-9(22)11(24)15(25)33-6;2*1-4-7(5-2)6-3/h3-6,8-11,14-15,21-25H,1-2H2,(H,26,27)(H,28,29)(H2,16,17,18);2*4-6H2,1-3H3/t5-,6-,8-,9-,10-,11-,14-,15-;;/m1../s1. The third-order valence-corrected chi connectivity index (χ3v) is 10.6. The molecule has 2 aliphatic rings. The monoisotopic (exact) mass is 761 g/mol. The molecular weight excluding hydrogens is 708 g/mol. The SMILES string of the molecule is CCN(CC)CC.CCN(CC)CC.Nc1ncnc2c1ncn2[C@@H]1O[C@H](COP(=O)(O)OP(=O)(O)OC[C@H]2O[C@@H](O)[C@H](O)[C@@H]2O)[C@@H](O)[C@H]1O. The van der Waals surface area contributed by atoms with Crippen LogP contribution in [0.2, 0.25) is 0 Å². The number of aliphatic hydroxyl groups is 5. The Bertz CT molecular complexity index is 1360. The Hall–Kier alpha value is -1.75. The number of aliphatic hydroxyl groups excluding tert-OH is 5. The molecule has 0 aromatic carbocycles. The first kappa shape index (κ1) is 44.4. The molecule has 0 radical (unpaired) electrons. The lowest BCUT2D eigenvalue weighted by Gasteiger charge is -2.20. The number of hydrogen-bond acceptors (Lipinski definition) is 18. The largest absolute Gasteiger partial charge is 0.481 e. The van der Waals surface area contributed by atoms with Gasteiger partial charge in [-0.2, -0.15) is 4.31 Å². The number of fused-ring (bicyclic) bond motifs is 1. The second kappa shape index (κ2) is 20.5. The minimum absolute atomic E-state index is 0.0575. The van der Waals surface area contributed by atoms with E-state index in [2.05, 4.69) is 79.7 Å². The summed E-state index contributed by atoms with van der Waals surface area (Å²) < 4.78 is 48.8. The second-order valence-corrected chi connectivity index (χ2v) is 14.1. The van der Waals surface area contributed by atoms with Gasteiger partial charge in [-0.15, -0.1) is 0 Å². The zero-order valence-corrected chi connectivity index (χ0v) is 30.9. The quantitative estimate of drug-likeness (QED) is 0.105. The van der Waals surface area contributed by atoms with Crippen LogP contribution in [-0.2, 0) is 32.0 Å². The molecule has 0 bridgehead atoms. The molecule has 0 aliphatic carbocycles. The fourth-order valence-electron chi connectivity index (χ4n) is 4.87. The van der Waals surface area contributed by atoms with Crippen molar-refractivity contribution in [3.05, 3.63) is 12.7 Å². The van der Waals surface area contributed by atoms with Crippen molar-refractivity contribution in [3.63, 3.8) is 0 Å². The smallest absolute Gasteiger partial charge is 0.387 e. The first-order valence-corrected chi connectivity index (χ1v) is 19.2. The number of phosphoric ester groups is 2. The van der Waals surface area contributed by atoms with Gasteiger partial charge in [0, 0.05) is 0 Å². The number of imidazole rings is 1. The predicted octanol–water partition coefficient (Wildman–Crippen LogP) is -0.586. The normalized spacial score (nSPS) is 28.9. The predicted molar refractivity (Wildman–Crippen MR) is 178 cm³/mol. The number of aromatic nitrogens is 4. The molecular formula is C27H53N7O14P2. The third kappa shape index (κ3) is 12.4. The van der Waals surface area contributed by atoms with Crippen molar-refractivity contribution < 1.29 is 67.3 Å². The van der Waals surface area contributed by atoms with E-state index in [-0.39, 0.29) is 17.0 Å². The van der Waals surface area contributed by atoms with Gasteiger partial charge < -0.3 is 60.3 Å². The van der Waals surface area contributed by atoms with E-state index in [1.165, 1.54) is 50.2 Å². The Labute approximate surface area is 290 Å². The van der Waals surface area contributed by atoms with Gasteiger partial charge >= 0.3 is 15.6 Å². The highest BCUT2D eigenvalue weighted by Crippen LogP contribution is 2.60. The highest BCUT2D eigenvalue weighted by atomic mass is 31.3. The van der Waals surface area contributed by atoms with Crippen LogP contribution in [-0.4, -0.2) is 160 Å². The average Bonchev–Trinajstić information content (AvgIpc) is 3.71. The minimum Gasteiger partial charge on any atom is -0.387 e. The van der Waals surface area contributed by atoms with Crippen LogP contribution in [0.25, 0.3) is 11.2 Å². The summed E-state index contributed by atoms with van der Waals surface area (Å²) in [4.78, 5) is 36.0. The lowest BCUT2D eigenvalue weighted by molar-refractivity contribution is -0.132. The van der Waals surface area contributed by atoms with Crippen molar-refractivity contribution in [1.29, 1.82) is 0 Å². The molecule has 4 rings (SSSR count). The maximum absolute atomic E-state index is 12.2. The minimum atomic E-state index is -5.31.